The number of carboxylic acids is 1. The molecule has 34 heavy (non-hydrogen) atoms. The highest BCUT2D eigenvalue weighted by Crippen LogP contribution is 2.26. The van der Waals surface area contributed by atoms with Crippen molar-refractivity contribution >= 4 is 17.8 Å². The highest BCUT2D eigenvalue weighted by molar-refractivity contribution is 5.88. The van der Waals surface area contributed by atoms with Gasteiger partial charge in [0.05, 0.1) is 5.92 Å². The second kappa shape index (κ2) is 14.8. The Balaban J connectivity index is 2.17. The molecule has 0 saturated carbocycles. The van der Waals surface area contributed by atoms with Gasteiger partial charge in [-0.25, -0.2) is 5.43 Å². The van der Waals surface area contributed by atoms with Crippen molar-refractivity contribution in [1.29, 1.82) is 0 Å². The molecule has 0 bridgehead atoms. The lowest BCUT2D eigenvalue weighted by molar-refractivity contribution is -0.151. The molecule has 1 aliphatic heterocycles. The van der Waals surface area contributed by atoms with E-state index in [1.807, 2.05) is 6.92 Å². The van der Waals surface area contributed by atoms with Crippen molar-refractivity contribution in [2.75, 3.05) is 13.6 Å². The van der Waals surface area contributed by atoms with E-state index in [1.165, 1.54) is 17.0 Å². The van der Waals surface area contributed by atoms with Gasteiger partial charge in [0.25, 0.3) is 0 Å². The third-order valence-corrected chi connectivity index (χ3v) is 6.83. The lowest BCUT2D eigenvalue weighted by Crippen LogP contribution is -2.59. The van der Waals surface area contributed by atoms with Crippen molar-refractivity contribution in [2.45, 2.75) is 90.5 Å². The Morgan fingerprint density at radius 2 is 1.68 bits per heavy atom. The van der Waals surface area contributed by atoms with Crippen molar-refractivity contribution in [1.82, 2.24) is 15.8 Å². The Morgan fingerprint density at radius 1 is 1.03 bits per heavy atom. The quantitative estimate of drug-likeness (QED) is 0.378. The molecule has 0 unspecified atom stereocenters. The Hall–Kier alpha value is -2.41. The van der Waals surface area contributed by atoms with Crippen LogP contribution < -0.4 is 10.7 Å². The normalized spacial score (nSPS) is 17.7. The second-order valence-electron chi connectivity index (χ2n) is 9.46. The van der Waals surface area contributed by atoms with Crippen LogP contribution in [0, 0.1) is 11.8 Å². The molecule has 190 valence electrons. The second-order valence-corrected chi connectivity index (χ2v) is 9.46. The van der Waals surface area contributed by atoms with Gasteiger partial charge in [0.1, 0.15) is 6.04 Å². The lowest BCUT2D eigenvalue weighted by atomic mass is 9.85. The minimum Gasteiger partial charge on any atom is -0.481 e. The number of hydrogen-bond donors (Lipinski definition) is 3. The van der Waals surface area contributed by atoms with Gasteiger partial charge in [0.2, 0.25) is 11.8 Å². The maximum atomic E-state index is 13.6. The maximum Gasteiger partial charge on any atom is 0.306 e. The molecule has 0 spiro atoms. The monoisotopic (exact) mass is 473 g/mol. The first-order valence-electron chi connectivity index (χ1n) is 13.0. The Morgan fingerprint density at radius 3 is 2.26 bits per heavy atom. The van der Waals surface area contributed by atoms with E-state index in [2.05, 4.69) is 41.9 Å². The molecule has 1 aromatic rings. The molecular formula is C27H43N3O4. The predicted octanol–water partition coefficient (Wildman–Crippen LogP) is 4.10. The number of aryl methyl sites for hydroxylation is 2. The minimum absolute atomic E-state index is 0.171. The smallest absolute Gasteiger partial charge is 0.306 e. The first kappa shape index (κ1) is 27.8. The number of benzene rings is 1. The highest BCUT2D eigenvalue weighted by atomic mass is 16.4. The lowest BCUT2D eigenvalue weighted by Gasteiger charge is -2.37. The molecule has 7 heteroatoms. The zero-order chi connectivity index (χ0) is 24.9. The average Bonchev–Trinajstić information content (AvgIpc) is 2.86. The van der Waals surface area contributed by atoms with Crippen molar-refractivity contribution in [3.05, 3.63) is 35.4 Å². The fourth-order valence-corrected chi connectivity index (χ4v) is 4.65. The fourth-order valence-electron chi connectivity index (χ4n) is 4.65. The summed E-state index contributed by atoms with van der Waals surface area (Å²) in [5.41, 5.74) is 5.57. The molecule has 1 fully saturated rings. The number of carboxylic acid groups (broad SMARTS) is 1. The number of hydrazine groups is 1. The van der Waals surface area contributed by atoms with E-state index in [-0.39, 0.29) is 11.8 Å². The van der Waals surface area contributed by atoms with Crippen molar-refractivity contribution in [3.63, 3.8) is 0 Å². The summed E-state index contributed by atoms with van der Waals surface area (Å²) in [6, 6.07) is 7.97. The van der Waals surface area contributed by atoms with E-state index in [4.69, 9.17) is 0 Å². The number of nitrogens with zero attached hydrogens (tertiary/aromatic N) is 1. The van der Waals surface area contributed by atoms with E-state index in [0.717, 1.165) is 37.7 Å². The molecule has 0 aromatic heterocycles. The third kappa shape index (κ3) is 8.42. The Kier molecular flexibility index (Phi) is 12.1. The van der Waals surface area contributed by atoms with Crippen LogP contribution in [0.15, 0.2) is 24.3 Å². The first-order chi connectivity index (χ1) is 16.4. The summed E-state index contributed by atoms with van der Waals surface area (Å²) in [6.07, 6.45) is 8.65. The van der Waals surface area contributed by atoms with Gasteiger partial charge in [-0.15, -0.1) is 0 Å². The van der Waals surface area contributed by atoms with Gasteiger partial charge in [-0.1, -0.05) is 57.4 Å². The van der Waals surface area contributed by atoms with Gasteiger partial charge < -0.3 is 10.4 Å². The summed E-state index contributed by atoms with van der Waals surface area (Å²) in [5.74, 6) is -2.23. The molecule has 0 radical (unpaired) electrons. The van der Waals surface area contributed by atoms with Gasteiger partial charge in [-0.2, -0.15) is 0 Å². The molecular weight excluding hydrogens is 430 g/mol. The van der Waals surface area contributed by atoms with Crippen LogP contribution in [0.5, 0.6) is 0 Å². The number of aliphatic carboxylic acids is 1. The summed E-state index contributed by atoms with van der Waals surface area (Å²) in [6.45, 7) is 4.85. The Labute approximate surface area is 204 Å². The molecule has 2 rings (SSSR count). The van der Waals surface area contributed by atoms with Gasteiger partial charge in [-0.05, 0) is 62.5 Å². The fraction of sp³-hybridized carbons (Fsp3) is 0.667. The van der Waals surface area contributed by atoms with Gasteiger partial charge in [0.15, 0.2) is 0 Å². The van der Waals surface area contributed by atoms with Gasteiger partial charge >= 0.3 is 5.97 Å². The van der Waals surface area contributed by atoms with Gasteiger partial charge in [0, 0.05) is 19.5 Å². The van der Waals surface area contributed by atoms with E-state index in [1.54, 1.807) is 7.05 Å². The standard InChI is InChI=1S/C27H43N3O4/c1-4-6-9-20-12-14-21(15-13-20)16-17-22(19-23(27(33)34)10-7-5-2)26(32)30-24(25(31)28-3)11-8-18-29-30/h12-15,22-24,29H,4-11,16-19H2,1-3H3,(H,28,31)(H,33,34)/t22-,23+,24+/m1/s1. The summed E-state index contributed by atoms with van der Waals surface area (Å²) in [5, 5.41) is 13.9. The SMILES string of the molecule is CCCCc1ccc(CC[C@H](C[C@H](CCCC)C(=O)O)C(=O)N2NCCC[C@H]2C(=O)NC)cc1. The van der Waals surface area contributed by atoms with Crippen LogP contribution in [0.3, 0.4) is 0 Å². The molecule has 3 atom stereocenters. The number of carbonyl (C=O) groups excluding carboxylic acids is 2. The molecule has 1 saturated heterocycles. The van der Waals surface area contributed by atoms with Crippen LogP contribution in [0.4, 0.5) is 0 Å². The molecule has 0 aliphatic carbocycles. The summed E-state index contributed by atoms with van der Waals surface area (Å²) < 4.78 is 0. The number of unbranched alkanes of at least 4 members (excludes halogenated alkanes) is 2. The molecule has 7 nitrogen and oxygen atoms in total. The van der Waals surface area contributed by atoms with E-state index < -0.39 is 23.8 Å². The topological polar surface area (TPSA) is 98.7 Å². The number of hydrogen-bond acceptors (Lipinski definition) is 4. The molecule has 3 N–H and O–H groups in total. The predicted molar refractivity (Wildman–Crippen MR) is 134 cm³/mol. The van der Waals surface area contributed by atoms with E-state index in [9.17, 15) is 19.5 Å². The molecule has 1 aromatic carbocycles. The van der Waals surface area contributed by atoms with E-state index in [0.29, 0.717) is 38.6 Å². The van der Waals surface area contributed by atoms with Crippen molar-refractivity contribution < 1.29 is 19.5 Å². The van der Waals surface area contributed by atoms with Crippen LogP contribution in [0.1, 0.15) is 82.8 Å². The number of carbonyl (C=O) groups is 3. The van der Waals surface area contributed by atoms with Crippen LogP contribution in [-0.4, -0.2) is 47.5 Å². The first-order valence-corrected chi connectivity index (χ1v) is 13.0. The zero-order valence-electron chi connectivity index (χ0n) is 21.1. The minimum atomic E-state index is -0.846. The van der Waals surface area contributed by atoms with Crippen LogP contribution >= 0.6 is 0 Å². The number of likely N-dealkylation sites (N-methyl/N-ethyl adjacent to an activating group) is 1. The molecule has 2 amide bonds. The number of rotatable bonds is 14. The average molecular weight is 474 g/mol. The molecule has 1 aliphatic rings. The van der Waals surface area contributed by atoms with Crippen molar-refractivity contribution in [3.8, 4) is 0 Å². The van der Waals surface area contributed by atoms with Crippen LogP contribution in [0.25, 0.3) is 0 Å². The third-order valence-electron chi connectivity index (χ3n) is 6.83. The molecule has 1 heterocycles. The number of nitrogens with one attached hydrogen (secondary N) is 2. The Bertz CT molecular complexity index is 781. The van der Waals surface area contributed by atoms with E-state index >= 15 is 0 Å². The van der Waals surface area contributed by atoms with Crippen LogP contribution in [0.2, 0.25) is 0 Å². The summed E-state index contributed by atoms with van der Waals surface area (Å²) in [4.78, 5) is 38.0. The summed E-state index contributed by atoms with van der Waals surface area (Å²) in [7, 11) is 1.58. The number of amides is 2. The zero-order valence-corrected chi connectivity index (χ0v) is 21.1. The largest absolute Gasteiger partial charge is 0.481 e. The maximum absolute atomic E-state index is 13.6. The summed E-state index contributed by atoms with van der Waals surface area (Å²) >= 11 is 0. The van der Waals surface area contributed by atoms with Crippen LogP contribution in [-0.2, 0) is 27.2 Å². The van der Waals surface area contributed by atoms with Crippen molar-refractivity contribution in [2.24, 2.45) is 11.8 Å². The van der Waals surface area contributed by atoms with Gasteiger partial charge in [-0.3, -0.25) is 19.4 Å². The highest BCUT2D eigenvalue weighted by Gasteiger charge is 2.37.